The second-order valence-electron chi connectivity index (χ2n) is 2.81. The summed E-state index contributed by atoms with van der Waals surface area (Å²) in [6, 6.07) is 6.91. The van der Waals surface area contributed by atoms with E-state index in [1.54, 1.807) is 37.3 Å². The smallest absolute Gasteiger partial charge is 0.152 e. The molecule has 0 amide bonds. The number of aldehydes is 1. The first kappa shape index (κ1) is 11.5. The Balaban J connectivity index is 3.13. The average Bonchev–Trinajstić information content (AvgIpc) is 2.28. The zero-order valence-corrected chi connectivity index (χ0v) is 9.03. The fourth-order valence-corrected chi connectivity index (χ4v) is 1.06. The highest BCUT2D eigenvalue weighted by Gasteiger charge is 2.01. The van der Waals surface area contributed by atoms with Crippen molar-refractivity contribution in [2.45, 2.75) is 6.92 Å². The van der Waals surface area contributed by atoms with Gasteiger partial charge in [0.2, 0.25) is 0 Å². The summed E-state index contributed by atoms with van der Waals surface area (Å²) in [5, 5.41) is 0.371. The molecule has 0 aliphatic carbocycles. The number of nitrogens with two attached hydrogens (primary N) is 1. The topological polar surface area (TPSA) is 55.4 Å². The lowest BCUT2D eigenvalue weighted by atomic mass is 10.2. The van der Waals surface area contributed by atoms with E-state index in [-0.39, 0.29) is 5.84 Å². The Hall–Kier alpha value is -1.61. The number of carbonyl (C=O) groups excluding carboxylic acids is 1. The van der Waals surface area contributed by atoms with E-state index in [9.17, 15) is 4.79 Å². The first-order valence-electron chi connectivity index (χ1n) is 4.39. The number of para-hydroxylation sites is 1. The van der Waals surface area contributed by atoms with Crippen molar-refractivity contribution in [1.29, 1.82) is 0 Å². The molecule has 0 atom stereocenters. The number of hydrogen-bond donors (Lipinski definition) is 1. The second-order valence-corrected chi connectivity index (χ2v) is 3.22. The molecule has 4 heteroatoms. The highest BCUT2D eigenvalue weighted by Crippen LogP contribution is 2.17. The molecule has 0 spiro atoms. The lowest BCUT2D eigenvalue weighted by Crippen LogP contribution is -2.11. The minimum Gasteiger partial charge on any atom is -0.382 e. The van der Waals surface area contributed by atoms with Crippen LogP contribution in [0.4, 0.5) is 5.69 Å². The lowest BCUT2D eigenvalue weighted by molar-refractivity contribution is 0.112. The van der Waals surface area contributed by atoms with Gasteiger partial charge < -0.3 is 5.73 Å². The number of aliphatic imine (C=N–C) groups is 1. The molecular formula is C11H11ClN2O. The van der Waals surface area contributed by atoms with Crippen molar-refractivity contribution < 1.29 is 4.79 Å². The highest BCUT2D eigenvalue weighted by molar-refractivity contribution is 6.43. The molecule has 78 valence electrons. The van der Waals surface area contributed by atoms with Crippen molar-refractivity contribution in [2.24, 2.45) is 10.7 Å². The Morgan fingerprint density at radius 3 is 2.73 bits per heavy atom. The van der Waals surface area contributed by atoms with Gasteiger partial charge in [0.05, 0.1) is 10.7 Å². The Labute approximate surface area is 93.3 Å². The predicted molar refractivity (Wildman–Crippen MR) is 62.7 cm³/mol. The molecule has 1 rings (SSSR count). The van der Waals surface area contributed by atoms with Crippen molar-refractivity contribution in [2.75, 3.05) is 0 Å². The number of allylic oxidation sites excluding steroid dienone is 1. The molecule has 15 heavy (non-hydrogen) atoms. The van der Waals surface area contributed by atoms with E-state index in [0.29, 0.717) is 16.3 Å². The number of rotatable bonds is 3. The molecule has 1 aromatic rings. The molecule has 0 unspecified atom stereocenters. The van der Waals surface area contributed by atoms with Crippen LogP contribution in [0.5, 0.6) is 0 Å². The van der Waals surface area contributed by atoms with Gasteiger partial charge >= 0.3 is 0 Å². The van der Waals surface area contributed by atoms with Gasteiger partial charge in [0.25, 0.3) is 0 Å². The number of hydrogen-bond acceptors (Lipinski definition) is 2. The van der Waals surface area contributed by atoms with E-state index >= 15 is 0 Å². The summed E-state index contributed by atoms with van der Waals surface area (Å²) in [6.45, 7) is 1.76. The van der Waals surface area contributed by atoms with Gasteiger partial charge in [-0.3, -0.25) is 4.79 Å². The molecule has 1 aromatic carbocycles. The monoisotopic (exact) mass is 222 g/mol. The van der Waals surface area contributed by atoms with Gasteiger partial charge in [-0.05, 0) is 19.1 Å². The molecule has 0 radical (unpaired) electrons. The van der Waals surface area contributed by atoms with Crippen LogP contribution in [0.3, 0.4) is 0 Å². The van der Waals surface area contributed by atoms with Crippen LogP contribution in [0.25, 0.3) is 0 Å². The second kappa shape index (κ2) is 5.32. The van der Waals surface area contributed by atoms with Crippen LogP contribution in [0.15, 0.2) is 40.4 Å². The molecule has 0 saturated carbocycles. The van der Waals surface area contributed by atoms with E-state index in [2.05, 4.69) is 4.99 Å². The van der Waals surface area contributed by atoms with E-state index in [0.717, 1.165) is 6.29 Å². The summed E-state index contributed by atoms with van der Waals surface area (Å²) >= 11 is 5.78. The quantitative estimate of drug-likeness (QED) is 0.486. The molecule has 0 aliphatic heterocycles. The molecular weight excluding hydrogens is 212 g/mol. The third kappa shape index (κ3) is 2.92. The maximum Gasteiger partial charge on any atom is 0.152 e. The standard InChI is InChI=1S/C11H11ClN2O/c1-2-9(12)11(13)14-10-6-4-3-5-8(10)7-15/h2-7H,1H3,(H2,13,14)/b9-2+. The van der Waals surface area contributed by atoms with E-state index in [1.807, 2.05) is 0 Å². The fraction of sp³-hybridized carbons (Fsp3) is 0.0909. The van der Waals surface area contributed by atoms with Crippen LogP contribution < -0.4 is 5.73 Å². The van der Waals surface area contributed by atoms with Gasteiger partial charge in [-0.1, -0.05) is 29.8 Å². The fourth-order valence-electron chi connectivity index (χ4n) is 1.02. The van der Waals surface area contributed by atoms with Gasteiger partial charge in [0.15, 0.2) is 6.29 Å². The molecule has 2 N–H and O–H groups in total. The van der Waals surface area contributed by atoms with Crippen LogP contribution in [-0.4, -0.2) is 12.1 Å². The molecule has 0 bridgehead atoms. The zero-order valence-electron chi connectivity index (χ0n) is 8.27. The van der Waals surface area contributed by atoms with Crippen molar-refractivity contribution in [1.82, 2.24) is 0 Å². The van der Waals surface area contributed by atoms with E-state index in [4.69, 9.17) is 17.3 Å². The van der Waals surface area contributed by atoms with Crippen molar-refractivity contribution >= 4 is 29.4 Å². The summed E-state index contributed by atoms with van der Waals surface area (Å²) < 4.78 is 0. The summed E-state index contributed by atoms with van der Waals surface area (Å²) in [4.78, 5) is 14.8. The maximum atomic E-state index is 10.7. The minimum absolute atomic E-state index is 0.202. The molecule has 0 heterocycles. The summed E-state index contributed by atoms with van der Waals surface area (Å²) in [7, 11) is 0. The number of carbonyl (C=O) groups is 1. The SMILES string of the molecule is C/C=C(/Cl)C(N)=Nc1ccccc1C=O. The van der Waals surface area contributed by atoms with E-state index < -0.39 is 0 Å². The van der Waals surface area contributed by atoms with Crippen LogP contribution >= 0.6 is 11.6 Å². The third-order valence-corrected chi connectivity index (χ3v) is 2.21. The van der Waals surface area contributed by atoms with Gasteiger partial charge in [-0.25, -0.2) is 4.99 Å². The summed E-state index contributed by atoms with van der Waals surface area (Å²) in [5.41, 5.74) is 6.62. The maximum absolute atomic E-state index is 10.7. The molecule has 0 aromatic heterocycles. The van der Waals surface area contributed by atoms with Gasteiger partial charge in [0.1, 0.15) is 5.84 Å². The van der Waals surface area contributed by atoms with Gasteiger partial charge in [-0.2, -0.15) is 0 Å². The largest absolute Gasteiger partial charge is 0.382 e. The van der Waals surface area contributed by atoms with Gasteiger partial charge in [-0.15, -0.1) is 0 Å². The lowest BCUT2D eigenvalue weighted by Gasteiger charge is -2.00. The predicted octanol–water partition coefficient (Wildman–Crippen LogP) is 2.63. The van der Waals surface area contributed by atoms with Crippen LogP contribution in [0.2, 0.25) is 0 Å². The minimum atomic E-state index is 0.202. The van der Waals surface area contributed by atoms with Crippen LogP contribution in [0.1, 0.15) is 17.3 Å². The van der Waals surface area contributed by atoms with Crippen LogP contribution in [0, 0.1) is 0 Å². The zero-order chi connectivity index (χ0) is 11.3. The first-order valence-corrected chi connectivity index (χ1v) is 4.77. The summed E-state index contributed by atoms with van der Waals surface area (Å²) in [5.74, 6) is 0.202. The average molecular weight is 223 g/mol. The first-order chi connectivity index (χ1) is 7.19. The Morgan fingerprint density at radius 2 is 2.13 bits per heavy atom. The Morgan fingerprint density at radius 1 is 1.47 bits per heavy atom. The van der Waals surface area contributed by atoms with Crippen molar-refractivity contribution in [3.63, 3.8) is 0 Å². The number of halogens is 1. The van der Waals surface area contributed by atoms with Gasteiger partial charge in [0, 0.05) is 5.56 Å². The molecule has 0 fully saturated rings. The van der Waals surface area contributed by atoms with Crippen molar-refractivity contribution in [3.05, 3.63) is 40.9 Å². The van der Waals surface area contributed by atoms with Crippen LogP contribution in [-0.2, 0) is 0 Å². The molecule has 0 aliphatic rings. The Bertz CT molecular complexity index is 424. The molecule has 3 nitrogen and oxygen atoms in total. The Kier molecular flexibility index (Phi) is 4.06. The number of benzene rings is 1. The van der Waals surface area contributed by atoms with Crippen molar-refractivity contribution in [3.8, 4) is 0 Å². The normalized spacial score (nSPS) is 12.7. The van der Waals surface area contributed by atoms with E-state index in [1.165, 1.54) is 0 Å². The third-order valence-electron chi connectivity index (χ3n) is 1.80. The number of amidine groups is 1. The summed E-state index contributed by atoms with van der Waals surface area (Å²) in [6.07, 6.45) is 2.37. The number of nitrogens with zero attached hydrogens (tertiary/aromatic N) is 1. The highest BCUT2D eigenvalue weighted by atomic mass is 35.5. The molecule has 0 saturated heterocycles.